The van der Waals surface area contributed by atoms with Crippen LogP contribution in [0.5, 0.6) is 5.75 Å². The van der Waals surface area contributed by atoms with Gasteiger partial charge in [-0.25, -0.2) is 4.98 Å². The standard InChI is InChI=1S/C21H17ClN2O2/c22-17-8-6-16(7-9-17)18-10-11-20-19(23-18)13-24(21(25)14-26-20)12-15-4-2-1-3-5-15/h1-11H,12-14H2. The van der Waals surface area contributed by atoms with Crippen molar-refractivity contribution in [3.8, 4) is 17.0 Å². The van der Waals surface area contributed by atoms with Crippen LogP contribution in [-0.2, 0) is 17.9 Å². The molecular formula is C21H17ClN2O2. The average Bonchev–Trinajstić information content (AvgIpc) is 2.82. The van der Waals surface area contributed by atoms with E-state index in [2.05, 4.69) is 0 Å². The van der Waals surface area contributed by atoms with Gasteiger partial charge in [-0.05, 0) is 29.8 Å². The van der Waals surface area contributed by atoms with Crippen molar-refractivity contribution in [1.82, 2.24) is 9.88 Å². The Morgan fingerprint density at radius 1 is 1.00 bits per heavy atom. The van der Waals surface area contributed by atoms with Crippen LogP contribution in [0.15, 0.2) is 66.7 Å². The Labute approximate surface area is 157 Å². The fourth-order valence-electron chi connectivity index (χ4n) is 2.96. The molecule has 0 N–H and O–H groups in total. The molecule has 2 heterocycles. The molecular weight excluding hydrogens is 348 g/mol. The van der Waals surface area contributed by atoms with E-state index in [0.29, 0.717) is 23.9 Å². The lowest BCUT2D eigenvalue weighted by atomic mass is 10.1. The quantitative estimate of drug-likeness (QED) is 0.695. The van der Waals surface area contributed by atoms with Crippen LogP contribution in [0.3, 0.4) is 0 Å². The van der Waals surface area contributed by atoms with Gasteiger partial charge in [0.25, 0.3) is 5.91 Å². The van der Waals surface area contributed by atoms with Gasteiger partial charge in [0.05, 0.1) is 12.2 Å². The van der Waals surface area contributed by atoms with Gasteiger partial charge in [0.2, 0.25) is 0 Å². The molecule has 0 bridgehead atoms. The molecule has 0 radical (unpaired) electrons. The van der Waals surface area contributed by atoms with Crippen molar-refractivity contribution >= 4 is 17.5 Å². The first-order valence-electron chi connectivity index (χ1n) is 8.39. The predicted molar refractivity (Wildman–Crippen MR) is 101 cm³/mol. The highest BCUT2D eigenvalue weighted by atomic mass is 35.5. The summed E-state index contributed by atoms with van der Waals surface area (Å²) in [5.74, 6) is 0.617. The molecule has 0 saturated heterocycles. The number of hydrogen-bond acceptors (Lipinski definition) is 3. The van der Waals surface area contributed by atoms with E-state index in [9.17, 15) is 4.79 Å². The first-order chi connectivity index (χ1) is 12.7. The number of nitrogens with zero attached hydrogens (tertiary/aromatic N) is 2. The third-order valence-corrected chi connectivity index (χ3v) is 4.59. The van der Waals surface area contributed by atoms with Gasteiger partial charge in [0, 0.05) is 17.1 Å². The number of rotatable bonds is 3. The first-order valence-corrected chi connectivity index (χ1v) is 8.77. The summed E-state index contributed by atoms with van der Waals surface area (Å²) >= 11 is 5.96. The monoisotopic (exact) mass is 364 g/mol. The van der Waals surface area contributed by atoms with Gasteiger partial charge in [-0.3, -0.25) is 4.79 Å². The van der Waals surface area contributed by atoms with Crippen LogP contribution in [0.2, 0.25) is 5.02 Å². The lowest BCUT2D eigenvalue weighted by Crippen LogP contribution is -2.32. The molecule has 0 fully saturated rings. The molecule has 0 atom stereocenters. The van der Waals surface area contributed by atoms with Gasteiger partial charge in [0.15, 0.2) is 6.61 Å². The third-order valence-electron chi connectivity index (χ3n) is 4.33. The normalized spacial score (nSPS) is 13.7. The van der Waals surface area contributed by atoms with E-state index >= 15 is 0 Å². The van der Waals surface area contributed by atoms with Crippen molar-refractivity contribution in [3.63, 3.8) is 0 Å². The van der Waals surface area contributed by atoms with E-state index in [0.717, 1.165) is 22.5 Å². The second-order valence-corrected chi connectivity index (χ2v) is 6.61. The molecule has 5 heteroatoms. The van der Waals surface area contributed by atoms with E-state index < -0.39 is 0 Å². The largest absolute Gasteiger partial charge is 0.482 e. The van der Waals surface area contributed by atoms with Gasteiger partial charge in [0.1, 0.15) is 11.4 Å². The molecule has 1 aromatic heterocycles. The summed E-state index contributed by atoms with van der Waals surface area (Å²) in [6, 6.07) is 21.3. The number of carbonyl (C=O) groups excluding carboxylic acids is 1. The molecule has 0 spiro atoms. The Morgan fingerprint density at radius 3 is 2.54 bits per heavy atom. The van der Waals surface area contributed by atoms with E-state index in [-0.39, 0.29) is 12.5 Å². The van der Waals surface area contributed by atoms with Crippen molar-refractivity contribution in [1.29, 1.82) is 0 Å². The van der Waals surface area contributed by atoms with Gasteiger partial charge in [-0.1, -0.05) is 54.1 Å². The number of halogens is 1. The molecule has 4 rings (SSSR count). The van der Waals surface area contributed by atoms with Crippen LogP contribution < -0.4 is 4.74 Å². The smallest absolute Gasteiger partial charge is 0.261 e. The zero-order valence-electron chi connectivity index (χ0n) is 14.1. The molecule has 0 saturated carbocycles. The summed E-state index contributed by atoms with van der Waals surface area (Å²) in [4.78, 5) is 19.0. The minimum Gasteiger partial charge on any atom is -0.482 e. The summed E-state index contributed by atoms with van der Waals surface area (Å²) in [5, 5.41) is 0.687. The summed E-state index contributed by atoms with van der Waals surface area (Å²) < 4.78 is 5.66. The van der Waals surface area contributed by atoms with Gasteiger partial charge in [-0.15, -0.1) is 0 Å². The van der Waals surface area contributed by atoms with Crippen molar-refractivity contribution < 1.29 is 9.53 Å². The number of benzene rings is 2. The maximum Gasteiger partial charge on any atom is 0.261 e. The Kier molecular flexibility index (Phi) is 4.59. The minimum absolute atomic E-state index is 0.0296. The average molecular weight is 365 g/mol. The summed E-state index contributed by atoms with van der Waals surface area (Å²) in [6.45, 7) is 0.988. The lowest BCUT2D eigenvalue weighted by molar-refractivity contribution is -0.133. The van der Waals surface area contributed by atoms with Crippen molar-refractivity contribution in [2.24, 2.45) is 0 Å². The number of pyridine rings is 1. The van der Waals surface area contributed by atoms with E-state index in [1.165, 1.54) is 0 Å². The molecule has 3 aromatic rings. The summed E-state index contributed by atoms with van der Waals surface area (Å²) in [5.41, 5.74) is 3.65. The third kappa shape index (κ3) is 3.55. The Bertz CT molecular complexity index is 927. The van der Waals surface area contributed by atoms with Gasteiger partial charge >= 0.3 is 0 Å². The van der Waals surface area contributed by atoms with E-state index in [4.69, 9.17) is 21.3 Å². The maximum atomic E-state index is 12.4. The Morgan fingerprint density at radius 2 is 1.77 bits per heavy atom. The zero-order valence-corrected chi connectivity index (χ0v) is 14.8. The second kappa shape index (κ2) is 7.18. The van der Waals surface area contributed by atoms with Crippen LogP contribution >= 0.6 is 11.6 Å². The number of carbonyl (C=O) groups is 1. The van der Waals surface area contributed by atoms with E-state index in [1.807, 2.05) is 66.7 Å². The molecule has 1 aliphatic rings. The number of ether oxygens (including phenoxy) is 1. The number of amides is 1. The summed E-state index contributed by atoms with van der Waals surface area (Å²) in [7, 11) is 0. The molecule has 1 amide bonds. The SMILES string of the molecule is O=C1COc2ccc(-c3ccc(Cl)cc3)nc2CN1Cc1ccccc1. The maximum absolute atomic E-state index is 12.4. The topological polar surface area (TPSA) is 42.4 Å². The predicted octanol–water partition coefficient (Wildman–Crippen LogP) is 4.32. The van der Waals surface area contributed by atoms with Crippen molar-refractivity contribution in [2.45, 2.75) is 13.1 Å². The molecule has 0 unspecified atom stereocenters. The second-order valence-electron chi connectivity index (χ2n) is 6.17. The van der Waals surface area contributed by atoms with Crippen LogP contribution in [0.25, 0.3) is 11.3 Å². The molecule has 130 valence electrons. The zero-order chi connectivity index (χ0) is 17.9. The highest BCUT2D eigenvalue weighted by Gasteiger charge is 2.23. The molecule has 26 heavy (non-hydrogen) atoms. The van der Waals surface area contributed by atoms with Crippen LogP contribution in [-0.4, -0.2) is 22.4 Å². The minimum atomic E-state index is -0.0418. The van der Waals surface area contributed by atoms with Crippen LogP contribution in [0.1, 0.15) is 11.3 Å². The summed E-state index contributed by atoms with van der Waals surface area (Å²) in [6.07, 6.45) is 0. The molecule has 0 aliphatic carbocycles. The Balaban J connectivity index is 1.63. The fraction of sp³-hybridized carbons (Fsp3) is 0.143. The Hall–Kier alpha value is -2.85. The van der Waals surface area contributed by atoms with Crippen LogP contribution in [0.4, 0.5) is 0 Å². The highest BCUT2D eigenvalue weighted by Crippen LogP contribution is 2.27. The molecule has 4 nitrogen and oxygen atoms in total. The molecule has 1 aliphatic heterocycles. The fourth-order valence-corrected chi connectivity index (χ4v) is 3.09. The van der Waals surface area contributed by atoms with Gasteiger partial charge < -0.3 is 9.64 Å². The highest BCUT2D eigenvalue weighted by molar-refractivity contribution is 6.30. The van der Waals surface area contributed by atoms with E-state index in [1.54, 1.807) is 4.90 Å². The van der Waals surface area contributed by atoms with Crippen LogP contribution in [0, 0.1) is 0 Å². The number of fused-ring (bicyclic) bond motifs is 1. The first kappa shape index (κ1) is 16.6. The lowest BCUT2D eigenvalue weighted by Gasteiger charge is -2.19. The number of aromatic nitrogens is 1. The molecule has 2 aromatic carbocycles. The van der Waals surface area contributed by atoms with Crippen molar-refractivity contribution in [3.05, 3.63) is 83.0 Å². The van der Waals surface area contributed by atoms with Gasteiger partial charge in [-0.2, -0.15) is 0 Å². The van der Waals surface area contributed by atoms with Crippen molar-refractivity contribution in [2.75, 3.05) is 6.61 Å². The number of hydrogen-bond donors (Lipinski definition) is 0.